The third-order valence-corrected chi connectivity index (χ3v) is 4.19. The average Bonchev–Trinajstić information content (AvgIpc) is 2.60. The molecule has 0 aromatic heterocycles. The molecule has 0 radical (unpaired) electrons. The molecule has 0 atom stereocenters. The number of piperidine rings is 1. The van der Waals surface area contributed by atoms with Gasteiger partial charge in [-0.3, -0.25) is 9.69 Å². The second-order valence-corrected chi connectivity index (χ2v) is 5.64. The molecule has 19 heavy (non-hydrogen) atoms. The summed E-state index contributed by atoms with van der Waals surface area (Å²) in [5, 5.41) is 2.86. The zero-order valence-corrected chi connectivity index (χ0v) is 12.0. The number of nitrogens with zero attached hydrogens (tertiary/aromatic N) is 2. The van der Waals surface area contributed by atoms with Gasteiger partial charge in [-0.15, -0.1) is 0 Å². The molecule has 0 unspecified atom stereocenters. The van der Waals surface area contributed by atoms with Crippen LogP contribution in [-0.4, -0.2) is 58.4 Å². The highest BCUT2D eigenvalue weighted by atomic mass is 32.1. The molecule has 6 nitrogen and oxygen atoms in total. The van der Waals surface area contributed by atoms with E-state index in [0.717, 1.165) is 19.6 Å². The van der Waals surface area contributed by atoms with E-state index < -0.39 is 5.54 Å². The Balaban J connectivity index is 2.03. The van der Waals surface area contributed by atoms with Gasteiger partial charge in [0.15, 0.2) is 0 Å². The highest BCUT2D eigenvalue weighted by molar-refractivity contribution is 7.80. The van der Waals surface area contributed by atoms with Gasteiger partial charge in [-0.25, -0.2) is 4.79 Å². The first-order valence-corrected chi connectivity index (χ1v) is 7.04. The molecule has 3 amide bonds. The summed E-state index contributed by atoms with van der Waals surface area (Å²) in [4.78, 5) is 28.2. The topological polar surface area (TPSA) is 78.7 Å². The smallest absolute Gasteiger partial charge is 0.325 e. The van der Waals surface area contributed by atoms with Gasteiger partial charge in [0, 0.05) is 26.1 Å². The van der Waals surface area contributed by atoms with Gasteiger partial charge in [0.25, 0.3) is 5.91 Å². The Morgan fingerprint density at radius 1 is 1.42 bits per heavy atom. The summed E-state index contributed by atoms with van der Waals surface area (Å²) in [5.41, 5.74) is 4.73. The van der Waals surface area contributed by atoms with Crippen LogP contribution in [0.1, 0.15) is 26.2 Å². The summed E-state index contributed by atoms with van der Waals surface area (Å²) in [6.07, 6.45) is 1.73. The number of carbonyl (C=O) groups is 2. The lowest BCUT2D eigenvalue weighted by molar-refractivity contribution is -0.132. The number of hydrogen-bond donors (Lipinski definition) is 2. The molecule has 0 aliphatic carbocycles. The maximum Gasteiger partial charge on any atom is 0.325 e. The van der Waals surface area contributed by atoms with Crippen molar-refractivity contribution in [2.45, 2.75) is 31.7 Å². The van der Waals surface area contributed by atoms with Crippen molar-refractivity contribution in [2.75, 3.05) is 26.2 Å². The van der Waals surface area contributed by atoms with Crippen LogP contribution in [0.15, 0.2) is 0 Å². The van der Waals surface area contributed by atoms with E-state index in [1.807, 2.05) is 0 Å². The van der Waals surface area contributed by atoms with Gasteiger partial charge in [-0.2, -0.15) is 0 Å². The van der Waals surface area contributed by atoms with Crippen molar-refractivity contribution in [1.82, 2.24) is 15.1 Å². The fraction of sp³-hybridized carbons (Fsp3) is 0.750. The molecule has 2 heterocycles. The van der Waals surface area contributed by atoms with Crippen molar-refractivity contribution in [3.05, 3.63) is 0 Å². The maximum absolute atomic E-state index is 12.4. The molecule has 2 saturated heterocycles. The molecule has 0 aromatic rings. The molecule has 2 fully saturated rings. The summed E-state index contributed by atoms with van der Waals surface area (Å²) in [7, 11) is 0. The number of imide groups is 1. The lowest BCUT2D eigenvalue weighted by atomic mass is 9.87. The van der Waals surface area contributed by atoms with E-state index >= 15 is 0 Å². The van der Waals surface area contributed by atoms with Crippen LogP contribution < -0.4 is 11.1 Å². The van der Waals surface area contributed by atoms with Crippen LogP contribution in [0.5, 0.6) is 0 Å². The van der Waals surface area contributed by atoms with Crippen molar-refractivity contribution in [1.29, 1.82) is 0 Å². The van der Waals surface area contributed by atoms with E-state index in [0.29, 0.717) is 24.3 Å². The summed E-state index contributed by atoms with van der Waals surface area (Å²) in [6.45, 7) is 5.03. The predicted molar refractivity (Wildman–Crippen MR) is 75.7 cm³/mol. The molecule has 2 rings (SSSR count). The standard InChI is InChI=1S/C12H20N4O2S/c1-2-15-7-4-12(5-8-15)10(17)16(11(18)14-12)6-3-9(13)19/h2-8H2,1H3,(H2,13,19)(H,14,18). The van der Waals surface area contributed by atoms with Crippen LogP contribution >= 0.6 is 12.2 Å². The zero-order chi connectivity index (χ0) is 14.0. The quantitative estimate of drug-likeness (QED) is 0.564. The number of nitrogens with two attached hydrogens (primary N) is 1. The zero-order valence-electron chi connectivity index (χ0n) is 11.1. The minimum atomic E-state index is -0.695. The van der Waals surface area contributed by atoms with Gasteiger partial charge in [-0.05, 0) is 19.4 Å². The summed E-state index contributed by atoms with van der Waals surface area (Å²) < 4.78 is 0. The molecule has 1 spiro atoms. The number of rotatable bonds is 4. The van der Waals surface area contributed by atoms with Crippen molar-refractivity contribution >= 4 is 29.1 Å². The van der Waals surface area contributed by atoms with Crippen LogP contribution in [0.2, 0.25) is 0 Å². The lowest BCUT2D eigenvalue weighted by Gasteiger charge is -2.36. The van der Waals surface area contributed by atoms with E-state index in [4.69, 9.17) is 18.0 Å². The summed E-state index contributed by atoms with van der Waals surface area (Å²) >= 11 is 4.79. The first-order valence-electron chi connectivity index (χ1n) is 6.63. The van der Waals surface area contributed by atoms with Gasteiger partial charge in [0.2, 0.25) is 0 Å². The maximum atomic E-state index is 12.4. The summed E-state index contributed by atoms with van der Waals surface area (Å²) in [6, 6.07) is -0.314. The number of thiocarbonyl (C=S) groups is 1. The second-order valence-electron chi connectivity index (χ2n) is 5.12. The van der Waals surface area contributed by atoms with Gasteiger partial charge >= 0.3 is 6.03 Å². The third kappa shape index (κ3) is 2.71. The Labute approximate surface area is 118 Å². The van der Waals surface area contributed by atoms with Crippen molar-refractivity contribution < 1.29 is 9.59 Å². The van der Waals surface area contributed by atoms with Crippen molar-refractivity contribution in [2.24, 2.45) is 5.73 Å². The van der Waals surface area contributed by atoms with Gasteiger partial charge in [-0.1, -0.05) is 19.1 Å². The monoisotopic (exact) mass is 284 g/mol. The lowest BCUT2D eigenvalue weighted by Crippen LogP contribution is -2.54. The molecular formula is C12H20N4O2S. The highest BCUT2D eigenvalue weighted by Crippen LogP contribution is 2.29. The van der Waals surface area contributed by atoms with Crippen LogP contribution in [0, 0.1) is 0 Å². The van der Waals surface area contributed by atoms with E-state index in [1.165, 1.54) is 4.90 Å². The Bertz CT molecular complexity index is 405. The van der Waals surface area contributed by atoms with E-state index in [1.54, 1.807) is 0 Å². The van der Waals surface area contributed by atoms with Gasteiger partial charge < -0.3 is 16.0 Å². The number of carbonyl (C=O) groups excluding carboxylic acids is 2. The molecule has 2 aliphatic rings. The fourth-order valence-electron chi connectivity index (χ4n) is 2.69. The average molecular weight is 284 g/mol. The van der Waals surface area contributed by atoms with Crippen LogP contribution in [0.3, 0.4) is 0 Å². The van der Waals surface area contributed by atoms with E-state index in [9.17, 15) is 9.59 Å². The van der Waals surface area contributed by atoms with Crippen LogP contribution in [0.4, 0.5) is 4.79 Å². The highest BCUT2D eigenvalue weighted by Gasteiger charge is 2.51. The van der Waals surface area contributed by atoms with Crippen LogP contribution in [-0.2, 0) is 4.79 Å². The fourth-order valence-corrected chi connectivity index (χ4v) is 2.78. The first-order chi connectivity index (χ1) is 8.98. The van der Waals surface area contributed by atoms with Crippen molar-refractivity contribution in [3.8, 4) is 0 Å². The molecule has 0 aromatic carbocycles. The molecule has 0 saturated carbocycles. The molecule has 3 N–H and O–H groups in total. The Morgan fingerprint density at radius 3 is 2.58 bits per heavy atom. The molecule has 7 heteroatoms. The Kier molecular flexibility index (Phi) is 4.05. The predicted octanol–water partition coefficient (Wildman–Crippen LogP) is 0.0689. The molecule has 2 aliphatic heterocycles. The number of hydrogen-bond acceptors (Lipinski definition) is 4. The van der Waals surface area contributed by atoms with Gasteiger partial charge in [0.1, 0.15) is 5.54 Å². The molecular weight excluding hydrogens is 264 g/mol. The minimum absolute atomic E-state index is 0.121. The SMILES string of the molecule is CCN1CCC2(CC1)NC(=O)N(CCC(N)=S)C2=O. The Hall–Kier alpha value is -1.21. The van der Waals surface area contributed by atoms with E-state index in [-0.39, 0.29) is 18.5 Å². The number of likely N-dealkylation sites (tertiary alicyclic amines) is 1. The first kappa shape index (κ1) is 14.2. The normalized spacial score (nSPS) is 22.9. The minimum Gasteiger partial charge on any atom is -0.393 e. The van der Waals surface area contributed by atoms with Gasteiger partial charge in [0.05, 0.1) is 4.99 Å². The molecule has 0 bridgehead atoms. The number of amides is 3. The number of urea groups is 1. The Morgan fingerprint density at radius 2 is 2.05 bits per heavy atom. The number of nitrogens with one attached hydrogen (secondary N) is 1. The second kappa shape index (κ2) is 5.42. The third-order valence-electron chi connectivity index (χ3n) is 3.98. The molecule has 106 valence electrons. The van der Waals surface area contributed by atoms with Crippen molar-refractivity contribution in [3.63, 3.8) is 0 Å². The summed E-state index contributed by atoms with van der Waals surface area (Å²) in [5.74, 6) is -0.121. The van der Waals surface area contributed by atoms with E-state index in [2.05, 4.69) is 17.1 Å². The van der Waals surface area contributed by atoms with Crippen LogP contribution in [0.25, 0.3) is 0 Å². The largest absolute Gasteiger partial charge is 0.393 e.